The number of ether oxygens (including phenoxy) is 1. The lowest BCUT2D eigenvalue weighted by atomic mass is 9.83. The van der Waals surface area contributed by atoms with Crippen LogP contribution in [0.15, 0.2) is 36.4 Å². The fourth-order valence-corrected chi connectivity index (χ4v) is 7.51. The average molecular weight is 618 g/mol. The van der Waals surface area contributed by atoms with Gasteiger partial charge >= 0.3 is 0 Å². The predicted octanol–water partition coefficient (Wildman–Crippen LogP) is 5.04. The maximum Gasteiger partial charge on any atom is 0.251 e. The zero-order chi connectivity index (χ0) is 32.1. The molecule has 3 fully saturated rings. The van der Waals surface area contributed by atoms with E-state index in [1.807, 2.05) is 18.0 Å². The van der Waals surface area contributed by atoms with Crippen molar-refractivity contribution in [2.24, 2.45) is 11.8 Å². The Morgan fingerprint density at radius 1 is 1.00 bits per heavy atom. The van der Waals surface area contributed by atoms with Crippen molar-refractivity contribution in [3.05, 3.63) is 53.1 Å². The summed E-state index contributed by atoms with van der Waals surface area (Å²) in [5.74, 6) is 0.0359. The number of nitrogens with one attached hydrogen (secondary N) is 1. The number of carbonyl (C=O) groups excluding carboxylic acids is 2. The minimum atomic E-state index is -0.204. The number of likely N-dealkylation sites (tertiary alicyclic amines) is 1. The SMILES string of the molecule is CCN(c1cc(-c2ccc(CN3CCCN(C)CC3)cc2)cc(C(=O)NCC2C(=O)N(C)C(C)CC2C)c1C)C1CCOCC1. The van der Waals surface area contributed by atoms with Crippen LogP contribution in [0.1, 0.15) is 67.9 Å². The number of hydrogen-bond donors (Lipinski definition) is 1. The maximum atomic E-state index is 13.9. The van der Waals surface area contributed by atoms with Gasteiger partial charge in [0, 0.05) is 76.3 Å². The molecule has 0 aromatic heterocycles. The first kappa shape index (κ1) is 33.4. The largest absolute Gasteiger partial charge is 0.381 e. The maximum absolute atomic E-state index is 13.9. The van der Waals surface area contributed by atoms with Crippen molar-refractivity contribution in [3.63, 3.8) is 0 Å². The number of anilines is 1. The van der Waals surface area contributed by atoms with E-state index in [4.69, 9.17) is 4.74 Å². The van der Waals surface area contributed by atoms with Gasteiger partial charge in [-0.1, -0.05) is 31.2 Å². The van der Waals surface area contributed by atoms with Crippen molar-refractivity contribution in [2.45, 2.75) is 72.0 Å². The van der Waals surface area contributed by atoms with E-state index in [-0.39, 0.29) is 29.7 Å². The first-order chi connectivity index (χ1) is 21.7. The summed E-state index contributed by atoms with van der Waals surface area (Å²) in [6, 6.07) is 13.8. The summed E-state index contributed by atoms with van der Waals surface area (Å²) in [4.78, 5) is 36.3. The molecule has 3 heterocycles. The minimum absolute atomic E-state index is 0.109. The van der Waals surface area contributed by atoms with Crippen LogP contribution in [0, 0.1) is 18.8 Å². The first-order valence-corrected chi connectivity index (χ1v) is 17.2. The Morgan fingerprint density at radius 2 is 1.73 bits per heavy atom. The summed E-state index contributed by atoms with van der Waals surface area (Å²) in [6.45, 7) is 16.7. The van der Waals surface area contributed by atoms with Crippen LogP contribution in [0.2, 0.25) is 0 Å². The summed E-state index contributed by atoms with van der Waals surface area (Å²) in [6.07, 6.45) is 4.11. The van der Waals surface area contributed by atoms with Gasteiger partial charge in [0.2, 0.25) is 5.91 Å². The van der Waals surface area contributed by atoms with Gasteiger partial charge in [0.1, 0.15) is 0 Å². The molecule has 2 amide bonds. The number of hydrogen-bond acceptors (Lipinski definition) is 6. The fraction of sp³-hybridized carbons (Fsp3) is 0.622. The van der Waals surface area contributed by atoms with E-state index in [0.29, 0.717) is 18.2 Å². The molecule has 3 saturated heterocycles. The summed E-state index contributed by atoms with van der Waals surface area (Å²) in [5.41, 5.74) is 6.26. The molecule has 0 bridgehead atoms. The van der Waals surface area contributed by atoms with Crippen LogP contribution in [0.5, 0.6) is 0 Å². The van der Waals surface area contributed by atoms with Gasteiger partial charge in [0.25, 0.3) is 5.91 Å². The van der Waals surface area contributed by atoms with Crippen molar-refractivity contribution < 1.29 is 14.3 Å². The molecule has 0 radical (unpaired) electrons. The number of benzene rings is 2. The second-order valence-electron chi connectivity index (χ2n) is 13.8. The van der Waals surface area contributed by atoms with Crippen LogP contribution in [0.4, 0.5) is 5.69 Å². The zero-order valence-corrected chi connectivity index (χ0v) is 28.5. The van der Waals surface area contributed by atoms with Gasteiger partial charge < -0.3 is 24.8 Å². The van der Waals surface area contributed by atoms with E-state index in [0.717, 1.165) is 94.1 Å². The summed E-state index contributed by atoms with van der Waals surface area (Å²) >= 11 is 0. The molecule has 8 nitrogen and oxygen atoms in total. The number of likely N-dealkylation sites (N-methyl/N-ethyl adjacent to an activating group) is 1. The summed E-state index contributed by atoms with van der Waals surface area (Å²) < 4.78 is 5.69. The van der Waals surface area contributed by atoms with E-state index < -0.39 is 0 Å². The second-order valence-corrected chi connectivity index (χ2v) is 13.8. The molecule has 0 saturated carbocycles. The van der Waals surface area contributed by atoms with E-state index >= 15 is 0 Å². The van der Waals surface area contributed by atoms with E-state index in [2.05, 4.69) is 85.1 Å². The Morgan fingerprint density at radius 3 is 2.44 bits per heavy atom. The highest BCUT2D eigenvalue weighted by Crippen LogP contribution is 2.34. The van der Waals surface area contributed by atoms with Crippen molar-refractivity contribution in [3.8, 4) is 11.1 Å². The molecule has 1 N–H and O–H groups in total. The smallest absolute Gasteiger partial charge is 0.251 e. The third kappa shape index (κ3) is 7.90. The molecule has 8 heteroatoms. The van der Waals surface area contributed by atoms with Crippen LogP contribution < -0.4 is 10.2 Å². The Bertz CT molecular complexity index is 1310. The number of carbonyl (C=O) groups is 2. The van der Waals surface area contributed by atoms with Crippen LogP contribution in [0.3, 0.4) is 0 Å². The van der Waals surface area contributed by atoms with Crippen LogP contribution in [-0.2, 0) is 16.1 Å². The van der Waals surface area contributed by atoms with Gasteiger partial charge in [-0.3, -0.25) is 14.5 Å². The topological polar surface area (TPSA) is 68.4 Å². The molecular weight excluding hydrogens is 562 g/mol. The molecule has 3 unspecified atom stereocenters. The minimum Gasteiger partial charge on any atom is -0.381 e. The Kier molecular flexibility index (Phi) is 11.2. The van der Waals surface area contributed by atoms with Gasteiger partial charge in [-0.15, -0.1) is 0 Å². The quantitative estimate of drug-likeness (QED) is 0.426. The second kappa shape index (κ2) is 15.1. The molecule has 3 atom stereocenters. The third-order valence-corrected chi connectivity index (χ3v) is 10.6. The molecule has 5 rings (SSSR count). The molecule has 246 valence electrons. The number of amides is 2. The van der Waals surface area contributed by atoms with Gasteiger partial charge in [-0.05, 0) is 107 Å². The lowest BCUT2D eigenvalue weighted by Gasteiger charge is -2.39. The fourth-order valence-electron chi connectivity index (χ4n) is 7.51. The third-order valence-electron chi connectivity index (χ3n) is 10.6. The zero-order valence-electron chi connectivity index (χ0n) is 28.5. The van der Waals surface area contributed by atoms with Gasteiger partial charge in [-0.2, -0.15) is 0 Å². The number of piperidine rings is 1. The Balaban J connectivity index is 1.41. The van der Waals surface area contributed by atoms with Crippen molar-refractivity contribution in [2.75, 3.05) is 71.5 Å². The van der Waals surface area contributed by atoms with Crippen molar-refractivity contribution in [1.82, 2.24) is 20.0 Å². The number of nitrogens with zero attached hydrogens (tertiary/aromatic N) is 4. The molecule has 45 heavy (non-hydrogen) atoms. The van der Waals surface area contributed by atoms with Crippen LogP contribution in [0.25, 0.3) is 11.1 Å². The normalized spacial score (nSPS) is 24.0. The van der Waals surface area contributed by atoms with E-state index in [9.17, 15) is 9.59 Å². The monoisotopic (exact) mass is 617 g/mol. The Labute approximate surface area is 271 Å². The Hall–Kier alpha value is -2.94. The van der Waals surface area contributed by atoms with Gasteiger partial charge in [0.15, 0.2) is 0 Å². The highest BCUT2D eigenvalue weighted by molar-refractivity contribution is 5.99. The molecule has 3 aliphatic rings. The lowest BCUT2D eigenvalue weighted by molar-refractivity contribution is -0.141. The molecular formula is C37H55N5O3. The van der Waals surface area contributed by atoms with E-state index in [1.54, 1.807) is 0 Å². The molecule has 0 aliphatic carbocycles. The van der Waals surface area contributed by atoms with Crippen molar-refractivity contribution in [1.29, 1.82) is 0 Å². The first-order valence-electron chi connectivity index (χ1n) is 17.2. The van der Waals surface area contributed by atoms with Gasteiger partial charge in [0.05, 0.1) is 5.92 Å². The molecule has 2 aromatic rings. The number of rotatable bonds is 9. The predicted molar refractivity (Wildman–Crippen MR) is 183 cm³/mol. The van der Waals surface area contributed by atoms with E-state index in [1.165, 1.54) is 12.0 Å². The standard InChI is InChI=1S/C37H55N5O3/c1-7-42(32-13-19-45-20-14-32)35-23-31(30-11-9-29(10-12-30)25-41-16-8-15-39(5)17-18-41)22-33(28(35)4)36(43)38-24-34-26(2)21-27(3)40(6)37(34)44/h9-12,22-23,26-27,32,34H,7-8,13-21,24-25H2,1-6H3,(H,38,43). The molecule has 0 spiro atoms. The van der Waals surface area contributed by atoms with Gasteiger partial charge in [-0.25, -0.2) is 0 Å². The average Bonchev–Trinajstić information content (AvgIpc) is 3.25. The van der Waals surface area contributed by atoms with Crippen LogP contribution >= 0.6 is 0 Å². The van der Waals surface area contributed by atoms with Crippen LogP contribution in [-0.4, -0.2) is 105 Å². The highest BCUT2D eigenvalue weighted by atomic mass is 16.5. The lowest BCUT2D eigenvalue weighted by Crippen LogP contribution is -2.51. The molecule has 3 aliphatic heterocycles. The highest BCUT2D eigenvalue weighted by Gasteiger charge is 2.36. The summed E-state index contributed by atoms with van der Waals surface area (Å²) in [5, 5.41) is 3.18. The summed E-state index contributed by atoms with van der Waals surface area (Å²) in [7, 11) is 4.08. The molecule has 2 aromatic carbocycles. The van der Waals surface area contributed by atoms with Crippen molar-refractivity contribution >= 4 is 17.5 Å².